The monoisotopic (exact) mass is 334 g/mol. The maximum Gasteiger partial charge on any atom is 0.326 e. The largest absolute Gasteiger partial charge is 0.454 e. The first-order chi connectivity index (χ1) is 12.2. The number of benzene rings is 2. The first-order valence-corrected chi connectivity index (χ1v) is 7.51. The van der Waals surface area contributed by atoms with Crippen LogP contribution in [-0.2, 0) is 20.9 Å². The number of rotatable bonds is 5. The third-order valence-electron chi connectivity index (χ3n) is 3.47. The summed E-state index contributed by atoms with van der Waals surface area (Å²) in [6.45, 7) is -0.431. The van der Waals surface area contributed by atoms with Crippen LogP contribution < -0.4 is 5.32 Å². The van der Waals surface area contributed by atoms with Crippen molar-refractivity contribution in [2.75, 3.05) is 11.9 Å². The number of para-hydroxylation sites is 2. The molecule has 3 aromatic rings. The highest BCUT2D eigenvalue weighted by molar-refractivity contribution is 5.93. The molecule has 0 unspecified atom stereocenters. The minimum atomic E-state index is -0.538. The van der Waals surface area contributed by atoms with Crippen LogP contribution in [0.3, 0.4) is 0 Å². The Bertz CT molecular complexity index is 972. The summed E-state index contributed by atoms with van der Waals surface area (Å²) < 4.78 is 6.65. The molecule has 0 radical (unpaired) electrons. The topological polar surface area (TPSA) is 97.0 Å². The first kappa shape index (κ1) is 16.2. The van der Waals surface area contributed by atoms with Gasteiger partial charge in [0.25, 0.3) is 5.91 Å². The number of hydrogen-bond donors (Lipinski definition) is 1. The second kappa shape index (κ2) is 7.27. The third kappa shape index (κ3) is 4.00. The van der Waals surface area contributed by atoms with Crippen LogP contribution in [0.1, 0.15) is 5.56 Å². The molecule has 2 aromatic carbocycles. The number of esters is 1. The van der Waals surface area contributed by atoms with Crippen molar-refractivity contribution in [2.24, 2.45) is 0 Å². The number of fused-ring (bicyclic) bond motifs is 1. The number of amides is 1. The van der Waals surface area contributed by atoms with Gasteiger partial charge in [-0.2, -0.15) is 5.26 Å². The van der Waals surface area contributed by atoms with Crippen LogP contribution in [0.5, 0.6) is 0 Å². The van der Waals surface area contributed by atoms with Crippen molar-refractivity contribution in [3.05, 3.63) is 60.4 Å². The summed E-state index contributed by atoms with van der Waals surface area (Å²) in [6, 6.07) is 15.9. The second-order valence-corrected chi connectivity index (χ2v) is 5.26. The smallest absolute Gasteiger partial charge is 0.326 e. The second-order valence-electron chi connectivity index (χ2n) is 5.26. The van der Waals surface area contributed by atoms with Gasteiger partial charge in [0.05, 0.1) is 29.0 Å². The minimum Gasteiger partial charge on any atom is -0.454 e. The van der Waals surface area contributed by atoms with Crippen molar-refractivity contribution in [2.45, 2.75) is 6.54 Å². The fourth-order valence-corrected chi connectivity index (χ4v) is 2.33. The maximum atomic E-state index is 11.9. The number of hydrogen-bond acceptors (Lipinski definition) is 5. The molecule has 1 amide bonds. The lowest BCUT2D eigenvalue weighted by molar-refractivity contribution is -0.147. The van der Waals surface area contributed by atoms with E-state index in [4.69, 9.17) is 10.00 Å². The van der Waals surface area contributed by atoms with Gasteiger partial charge in [-0.3, -0.25) is 9.59 Å². The highest BCUT2D eigenvalue weighted by Gasteiger charge is 2.11. The van der Waals surface area contributed by atoms with Gasteiger partial charge in [0.1, 0.15) is 6.54 Å². The van der Waals surface area contributed by atoms with Gasteiger partial charge in [-0.15, -0.1) is 0 Å². The average Bonchev–Trinajstić information content (AvgIpc) is 3.03. The molecule has 0 fully saturated rings. The van der Waals surface area contributed by atoms with Crippen LogP contribution in [-0.4, -0.2) is 28.0 Å². The molecule has 0 aliphatic heterocycles. The van der Waals surface area contributed by atoms with E-state index in [9.17, 15) is 9.59 Å². The van der Waals surface area contributed by atoms with Gasteiger partial charge in [-0.25, -0.2) is 4.98 Å². The van der Waals surface area contributed by atoms with E-state index < -0.39 is 18.5 Å². The van der Waals surface area contributed by atoms with Crippen LogP contribution in [0.15, 0.2) is 54.9 Å². The quantitative estimate of drug-likeness (QED) is 0.721. The van der Waals surface area contributed by atoms with E-state index >= 15 is 0 Å². The molecule has 1 N–H and O–H groups in total. The Hall–Kier alpha value is -3.66. The third-order valence-corrected chi connectivity index (χ3v) is 3.47. The predicted molar refractivity (Wildman–Crippen MR) is 90.5 cm³/mol. The Morgan fingerprint density at radius 2 is 2.04 bits per heavy atom. The molecular weight excluding hydrogens is 320 g/mol. The minimum absolute atomic E-state index is 0.0300. The first-order valence-electron chi connectivity index (χ1n) is 7.51. The average molecular weight is 334 g/mol. The van der Waals surface area contributed by atoms with Gasteiger partial charge in [-0.1, -0.05) is 18.2 Å². The van der Waals surface area contributed by atoms with Crippen molar-refractivity contribution >= 4 is 28.6 Å². The van der Waals surface area contributed by atoms with Gasteiger partial charge in [0.2, 0.25) is 0 Å². The van der Waals surface area contributed by atoms with Crippen molar-refractivity contribution in [3.63, 3.8) is 0 Å². The van der Waals surface area contributed by atoms with Crippen molar-refractivity contribution in [1.82, 2.24) is 9.55 Å². The SMILES string of the molecule is N#Cc1cccc(NC(=O)COC(=O)Cn2cnc3ccccc32)c1. The van der Waals surface area contributed by atoms with Crippen LogP contribution in [0, 0.1) is 11.3 Å². The molecule has 0 saturated heterocycles. The van der Waals surface area contributed by atoms with Crippen LogP contribution in [0.2, 0.25) is 0 Å². The Kier molecular flexibility index (Phi) is 4.72. The zero-order valence-electron chi connectivity index (χ0n) is 13.2. The molecule has 1 aromatic heterocycles. The number of ether oxygens (including phenoxy) is 1. The molecule has 0 bridgehead atoms. The molecule has 0 atom stereocenters. The highest BCUT2D eigenvalue weighted by Crippen LogP contribution is 2.12. The molecule has 0 aliphatic carbocycles. The van der Waals surface area contributed by atoms with E-state index in [0.29, 0.717) is 11.3 Å². The summed E-state index contributed by atoms with van der Waals surface area (Å²) in [5.74, 6) is -1.01. The van der Waals surface area contributed by atoms with Gasteiger partial charge in [0.15, 0.2) is 6.61 Å². The molecule has 0 saturated carbocycles. The van der Waals surface area contributed by atoms with E-state index in [1.54, 1.807) is 29.1 Å². The predicted octanol–water partition coefficient (Wildman–Crippen LogP) is 2.09. The number of nitrogens with zero attached hydrogens (tertiary/aromatic N) is 3. The van der Waals surface area contributed by atoms with E-state index in [1.165, 1.54) is 6.07 Å². The number of carbonyl (C=O) groups excluding carboxylic acids is 2. The van der Waals surface area contributed by atoms with Crippen LogP contribution in [0.4, 0.5) is 5.69 Å². The molecule has 0 spiro atoms. The number of imidazole rings is 1. The fourth-order valence-electron chi connectivity index (χ4n) is 2.33. The normalized spacial score (nSPS) is 10.2. The Morgan fingerprint density at radius 1 is 1.20 bits per heavy atom. The van der Waals surface area contributed by atoms with Gasteiger partial charge in [0, 0.05) is 5.69 Å². The molecule has 7 heteroatoms. The lowest BCUT2D eigenvalue weighted by Crippen LogP contribution is -2.22. The van der Waals surface area contributed by atoms with Gasteiger partial charge >= 0.3 is 5.97 Å². The molecule has 25 heavy (non-hydrogen) atoms. The summed E-state index contributed by atoms with van der Waals surface area (Å²) in [5.41, 5.74) is 2.50. The molecule has 3 rings (SSSR count). The van der Waals surface area contributed by atoms with Gasteiger partial charge < -0.3 is 14.6 Å². The lowest BCUT2D eigenvalue weighted by Gasteiger charge is -2.07. The summed E-state index contributed by atoms with van der Waals surface area (Å²) in [7, 11) is 0. The molecule has 124 valence electrons. The zero-order chi connectivity index (χ0) is 17.6. The van der Waals surface area contributed by atoms with E-state index in [0.717, 1.165) is 11.0 Å². The van der Waals surface area contributed by atoms with Crippen LogP contribution >= 0.6 is 0 Å². The van der Waals surface area contributed by atoms with E-state index in [1.807, 2.05) is 30.3 Å². The van der Waals surface area contributed by atoms with Gasteiger partial charge in [-0.05, 0) is 30.3 Å². The highest BCUT2D eigenvalue weighted by atomic mass is 16.5. The molecule has 0 aliphatic rings. The van der Waals surface area contributed by atoms with Crippen molar-refractivity contribution < 1.29 is 14.3 Å². The number of nitriles is 1. The Balaban J connectivity index is 1.53. The van der Waals surface area contributed by atoms with E-state index in [-0.39, 0.29) is 6.54 Å². The van der Waals surface area contributed by atoms with Crippen LogP contribution in [0.25, 0.3) is 11.0 Å². The van der Waals surface area contributed by atoms with E-state index in [2.05, 4.69) is 10.3 Å². The van der Waals surface area contributed by atoms with Crippen molar-refractivity contribution in [3.8, 4) is 6.07 Å². The lowest BCUT2D eigenvalue weighted by atomic mass is 10.2. The summed E-state index contributed by atoms with van der Waals surface area (Å²) in [6.07, 6.45) is 1.55. The number of carbonyl (C=O) groups is 2. The van der Waals surface area contributed by atoms with Crippen molar-refractivity contribution in [1.29, 1.82) is 5.26 Å². The maximum absolute atomic E-state index is 11.9. The molecular formula is C18H14N4O3. The Morgan fingerprint density at radius 3 is 2.88 bits per heavy atom. The summed E-state index contributed by atoms with van der Waals surface area (Å²) >= 11 is 0. The Labute approximate surface area is 143 Å². The fraction of sp³-hybridized carbons (Fsp3) is 0.111. The number of anilines is 1. The zero-order valence-corrected chi connectivity index (χ0v) is 13.2. The molecule has 1 heterocycles. The number of nitrogens with one attached hydrogen (secondary N) is 1. The summed E-state index contributed by atoms with van der Waals surface area (Å²) in [5, 5.41) is 11.4. The summed E-state index contributed by atoms with van der Waals surface area (Å²) in [4.78, 5) is 27.9. The molecule has 7 nitrogen and oxygen atoms in total. The number of aromatic nitrogens is 2. The standard InChI is InChI=1S/C18H14N4O3/c19-9-13-4-3-5-14(8-13)21-17(23)11-25-18(24)10-22-12-20-15-6-1-2-7-16(15)22/h1-8,12H,10-11H2,(H,21,23).